The Morgan fingerprint density at radius 2 is 1.84 bits per heavy atom. The fourth-order valence-electron chi connectivity index (χ4n) is 5.76. The number of hydrogen-bond acceptors (Lipinski definition) is 6. The predicted octanol–water partition coefficient (Wildman–Crippen LogP) is 3.51. The van der Waals surface area contributed by atoms with Crippen LogP contribution in [0.1, 0.15) is 29.5 Å². The van der Waals surface area contributed by atoms with Gasteiger partial charge in [0.1, 0.15) is 11.5 Å². The summed E-state index contributed by atoms with van der Waals surface area (Å²) < 4.78 is 10.9. The van der Waals surface area contributed by atoms with E-state index in [1.807, 2.05) is 6.07 Å². The van der Waals surface area contributed by atoms with E-state index in [-0.39, 0.29) is 35.5 Å². The third kappa shape index (κ3) is 2.80. The highest BCUT2D eigenvalue weighted by molar-refractivity contribution is 6.06. The van der Waals surface area contributed by atoms with Gasteiger partial charge in [0.05, 0.1) is 30.2 Å². The van der Waals surface area contributed by atoms with Crippen molar-refractivity contribution in [3.05, 3.63) is 59.9 Å². The summed E-state index contributed by atoms with van der Waals surface area (Å²) in [6, 6.07) is 10.4. The number of carbonyl (C=O) groups is 3. The first-order chi connectivity index (χ1) is 15.6. The third-order valence-electron chi connectivity index (χ3n) is 7.22. The standard InChI is InChI=1S/C25H22N2O5/c1-2-31-25(30)14-5-3-4-13(10-14)20-9-6-15(32-20)12-26-27-23(28)21-16-7-8-17(19-11-18(16)19)22(21)24(27)29/h3-10,12,16-19,21-22H,2,11H2,1H3/b26-12-/t16-,17-,18-,19+,21-,22-/m1/s1. The molecular weight excluding hydrogens is 408 g/mol. The van der Waals surface area contributed by atoms with Crippen LogP contribution in [0.25, 0.3) is 11.3 Å². The van der Waals surface area contributed by atoms with Crippen molar-refractivity contribution >= 4 is 24.0 Å². The Hall–Kier alpha value is -3.48. The Labute approximate surface area is 184 Å². The topological polar surface area (TPSA) is 89.2 Å². The van der Waals surface area contributed by atoms with Gasteiger partial charge in [-0.3, -0.25) is 9.59 Å². The van der Waals surface area contributed by atoms with Crippen molar-refractivity contribution in [3.63, 3.8) is 0 Å². The van der Waals surface area contributed by atoms with Gasteiger partial charge in [-0.05, 0) is 61.3 Å². The van der Waals surface area contributed by atoms with Crippen LogP contribution in [0, 0.1) is 35.5 Å². The summed E-state index contributed by atoms with van der Waals surface area (Å²) in [4.78, 5) is 38.0. The maximum Gasteiger partial charge on any atom is 0.338 e. The Morgan fingerprint density at radius 1 is 1.12 bits per heavy atom. The minimum atomic E-state index is -0.392. The SMILES string of the molecule is CCOC(=O)c1cccc(-c2ccc(/C=N\N3C(=O)[C@@H]4[C@@H]5C=C[C@H]([C@@H]6C[C@H]56)[C@H]4C3=O)o2)c1. The average Bonchev–Trinajstić information content (AvgIpc) is 3.44. The fourth-order valence-corrected chi connectivity index (χ4v) is 5.76. The molecule has 1 aliphatic heterocycles. The van der Waals surface area contributed by atoms with Crippen molar-refractivity contribution in [2.24, 2.45) is 40.6 Å². The normalized spacial score (nSPS) is 31.8. The number of ether oxygens (including phenoxy) is 1. The molecule has 0 N–H and O–H groups in total. The van der Waals surface area contributed by atoms with Gasteiger partial charge in [-0.2, -0.15) is 10.1 Å². The van der Waals surface area contributed by atoms with Crippen molar-refractivity contribution in [3.8, 4) is 11.3 Å². The van der Waals surface area contributed by atoms with Gasteiger partial charge in [-0.25, -0.2) is 4.79 Å². The minimum absolute atomic E-state index is 0.175. The number of hydrazone groups is 1. The lowest BCUT2D eigenvalue weighted by Gasteiger charge is -2.37. The Bertz CT molecular complexity index is 1160. The van der Waals surface area contributed by atoms with Gasteiger partial charge >= 0.3 is 5.97 Å². The molecule has 1 saturated heterocycles. The first-order valence-corrected chi connectivity index (χ1v) is 11.0. The number of hydrogen-bond donors (Lipinski definition) is 0. The van der Waals surface area contributed by atoms with Crippen LogP contribution in [-0.4, -0.2) is 35.6 Å². The van der Waals surface area contributed by atoms with Crippen LogP contribution < -0.4 is 0 Å². The van der Waals surface area contributed by atoms with E-state index in [1.165, 1.54) is 6.21 Å². The summed E-state index contributed by atoms with van der Waals surface area (Å²) in [7, 11) is 0. The van der Waals surface area contributed by atoms with Crippen molar-refractivity contribution < 1.29 is 23.5 Å². The lowest BCUT2D eigenvalue weighted by atomic mass is 9.63. The van der Waals surface area contributed by atoms with Crippen LogP contribution in [0.5, 0.6) is 0 Å². The predicted molar refractivity (Wildman–Crippen MR) is 114 cm³/mol. The Kier molecular flexibility index (Phi) is 4.22. The molecule has 5 aliphatic rings. The van der Waals surface area contributed by atoms with Crippen LogP contribution >= 0.6 is 0 Å². The summed E-state index contributed by atoms with van der Waals surface area (Å²) in [6.45, 7) is 2.06. The second kappa shape index (κ2) is 7.02. The van der Waals surface area contributed by atoms with E-state index in [4.69, 9.17) is 9.15 Å². The number of benzene rings is 1. The zero-order valence-electron chi connectivity index (χ0n) is 17.5. The molecule has 6 atom stereocenters. The van der Waals surface area contributed by atoms with Crippen molar-refractivity contribution in [2.75, 3.05) is 6.61 Å². The summed E-state index contributed by atoms with van der Waals surface area (Å²) in [5.41, 5.74) is 1.16. The molecule has 2 bridgehead atoms. The van der Waals surface area contributed by atoms with Crippen LogP contribution in [0.3, 0.4) is 0 Å². The molecule has 4 aliphatic carbocycles. The molecule has 0 spiro atoms. The molecule has 3 fully saturated rings. The second-order valence-corrected chi connectivity index (χ2v) is 8.89. The zero-order chi connectivity index (χ0) is 22.0. The van der Waals surface area contributed by atoms with Gasteiger partial charge in [0.25, 0.3) is 11.8 Å². The molecule has 162 valence electrons. The first-order valence-electron chi connectivity index (χ1n) is 11.0. The lowest BCUT2D eigenvalue weighted by molar-refractivity contribution is -0.140. The number of rotatable bonds is 5. The summed E-state index contributed by atoms with van der Waals surface area (Å²) in [6.07, 6.45) is 6.82. The molecule has 2 saturated carbocycles. The molecule has 0 unspecified atom stereocenters. The maximum atomic E-state index is 13.0. The molecular formula is C25H22N2O5. The van der Waals surface area contributed by atoms with Gasteiger partial charge in [-0.15, -0.1) is 0 Å². The number of nitrogens with zero attached hydrogens (tertiary/aromatic N) is 2. The molecule has 2 aromatic rings. The van der Waals surface area contributed by atoms with E-state index < -0.39 is 5.97 Å². The smallest absolute Gasteiger partial charge is 0.338 e. The largest absolute Gasteiger partial charge is 0.462 e. The molecule has 1 aromatic heterocycles. The molecule has 7 rings (SSSR count). The highest BCUT2D eigenvalue weighted by atomic mass is 16.5. The van der Waals surface area contributed by atoms with Crippen LogP contribution in [0.15, 0.2) is 58.1 Å². The lowest BCUT2D eigenvalue weighted by Crippen LogP contribution is -2.40. The maximum absolute atomic E-state index is 13.0. The molecule has 32 heavy (non-hydrogen) atoms. The summed E-state index contributed by atoms with van der Waals surface area (Å²) in [5, 5.41) is 5.25. The van der Waals surface area contributed by atoms with E-state index in [0.29, 0.717) is 35.5 Å². The number of imide groups is 1. The minimum Gasteiger partial charge on any atom is -0.462 e. The monoisotopic (exact) mass is 430 g/mol. The number of allylic oxidation sites excluding steroid dienone is 2. The van der Waals surface area contributed by atoms with E-state index in [9.17, 15) is 14.4 Å². The van der Waals surface area contributed by atoms with Crippen molar-refractivity contribution in [2.45, 2.75) is 13.3 Å². The highest BCUT2D eigenvalue weighted by Gasteiger charge is 2.67. The number of carbonyl (C=O) groups excluding carboxylic acids is 3. The van der Waals surface area contributed by atoms with Gasteiger partial charge < -0.3 is 9.15 Å². The van der Waals surface area contributed by atoms with E-state index in [2.05, 4.69) is 17.3 Å². The number of furan rings is 1. The quantitative estimate of drug-likeness (QED) is 0.313. The first kappa shape index (κ1) is 19.2. The molecule has 7 heteroatoms. The molecule has 1 aromatic carbocycles. The third-order valence-corrected chi connectivity index (χ3v) is 7.22. The second-order valence-electron chi connectivity index (χ2n) is 8.89. The van der Waals surface area contributed by atoms with E-state index in [0.717, 1.165) is 17.0 Å². The fraction of sp³-hybridized carbons (Fsp3) is 0.360. The summed E-state index contributed by atoms with van der Waals surface area (Å²) in [5.74, 6) is 1.11. The van der Waals surface area contributed by atoms with Gasteiger partial charge in [0.15, 0.2) is 0 Å². The van der Waals surface area contributed by atoms with Gasteiger partial charge in [0.2, 0.25) is 0 Å². The van der Waals surface area contributed by atoms with Gasteiger partial charge in [0, 0.05) is 5.56 Å². The molecule has 2 amide bonds. The molecule has 2 heterocycles. The van der Waals surface area contributed by atoms with E-state index >= 15 is 0 Å². The number of esters is 1. The van der Waals surface area contributed by atoms with Crippen molar-refractivity contribution in [1.82, 2.24) is 5.01 Å². The van der Waals surface area contributed by atoms with Gasteiger partial charge in [-0.1, -0.05) is 24.3 Å². The summed E-state index contributed by atoms with van der Waals surface area (Å²) >= 11 is 0. The van der Waals surface area contributed by atoms with Crippen LogP contribution in [0.2, 0.25) is 0 Å². The Balaban J connectivity index is 1.21. The van der Waals surface area contributed by atoms with Crippen LogP contribution in [-0.2, 0) is 14.3 Å². The van der Waals surface area contributed by atoms with Crippen LogP contribution in [0.4, 0.5) is 0 Å². The zero-order valence-corrected chi connectivity index (χ0v) is 17.5. The highest BCUT2D eigenvalue weighted by Crippen LogP contribution is 2.65. The number of amides is 2. The molecule has 0 radical (unpaired) electrons. The average molecular weight is 430 g/mol. The molecule has 7 nitrogen and oxygen atoms in total. The van der Waals surface area contributed by atoms with E-state index in [1.54, 1.807) is 37.3 Å². The Morgan fingerprint density at radius 3 is 2.53 bits per heavy atom. The van der Waals surface area contributed by atoms with Crippen molar-refractivity contribution in [1.29, 1.82) is 0 Å².